The first-order chi connectivity index (χ1) is 11.8. The molecule has 2 aromatic carbocycles. The first kappa shape index (κ1) is 14.4. The van der Waals surface area contributed by atoms with Crippen molar-refractivity contribution in [2.24, 2.45) is 0 Å². The van der Waals surface area contributed by atoms with Crippen LogP contribution in [0, 0.1) is 5.82 Å². The fourth-order valence-corrected chi connectivity index (χ4v) is 2.49. The molecule has 0 aliphatic rings. The molecule has 0 aliphatic carbocycles. The number of rotatable bonds is 5. The zero-order chi connectivity index (χ0) is 16.4. The first-order valence-electron chi connectivity index (χ1n) is 7.53. The number of benzene rings is 2. The Hall–Kier alpha value is -3.22. The normalized spacial score (nSPS) is 11.0. The number of aromatic nitrogens is 4. The van der Waals surface area contributed by atoms with Crippen molar-refractivity contribution in [1.82, 2.24) is 20.4 Å². The second kappa shape index (κ2) is 6.11. The van der Waals surface area contributed by atoms with Crippen molar-refractivity contribution in [1.29, 1.82) is 0 Å². The molecule has 4 aromatic rings. The van der Waals surface area contributed by atoms with Crippen LogP contribution in [0.3, 0.4) is 0 Å². The topological polar surface area (TPSA) is 79.6 Å². The van der Waals surface area contributed by atoms with E-state index in [9.17, 15) is 4.39 Å². The third kappa shape index (κ3) is 2.96. The SMILES string of the molecule is Fc1cccc(CCNc2nnc(-c3ccc4[nH]ncc4c3)o2)c1. The van der Waals surface area contributed by atoms with E-state index in [1.54, 1.807) is 12.3 Å². The summed E-state index contributed by atoms with van der Waals surface area (Å²) in [5, 5.41) is 18.9. The molecule has 7 heteroatoms. The monoisotopic (exact) mass is 323 g/mol. The average molecular weight is 323 g/mol. The summed E-state index contributed by atoms with van der Waals surface area (Å²) in [7, 11) is 0. The lowest BCUT2D eigenvalue weighted by Crippen LogP contribution is -2.05. The Balaban J connectivity index is 1.42. The molecule has 0 aliphatic heterocycles. The van der Waals surface area contributed by atoms with Crippen molar-refractivity contribution < 1.29 is 8.81 Å². The third-order valence-corrected chi connectivity index (χ3v) is 3.69. The third-order valence-electron chi connectivity index (χ3n) is 3.69. The fourth-order valence-electron chi connectivity index (χ4n) is 2.49. The van der Waals surface area contributed by atoms with Gasteiger partial charge in [-0.1, -0.05) is 17.2 Å². The maximum atomic E-state index is 13.1. The zero-order valence-corrected chi connectivity index (χ0v) is 12.7. The number of hydrogen-bond acceptors (Lipinski definition) is 5. The van der Waals surface area contributed by atoms with Crippen molar-refractivity contribution >= 4 is 16.9 Å². The standard InChI is InChI=1S/C17H14FN5O/c18-14-3-1-2-11(8-14)6-7-19-17-23-22-16(24-17)12-4-5-15-13(9-12)10-20-21-15/h1-5,8-10H,6-7H2,(H,19,23)(H,20,21). The molecule has 0 unspecified atom stereocenters. The molecule has 0 amide bonds. The highest BCUT2D eigenvalue weighted by Gasteiger charge is 2.09. The van der Waals surface area contributed by atoms with E-state index in [1.165, 1.54) is 12.1 Å². The lowest BCUT2D eigenvalue weighted by Gasteiger charge is -2.02. The van der Waals surface area contributed by atoms with Gasteiger partial charge >= 0.3 is 6.01 Å². The van der Waals surface area contributed by atoms with E-state index in [0.717, 1.165) is 22.0 Å². The van der Waals surface area contributed by atoms with E-state index in [0.29, 0.717) is 24.9 Å². The maximum absolute atomic E-state index is 13.1. The summed E-state index contributed by atoms with van der Waals surface area (Å²) >= 11 is 0. The van der Waals surface area contributed by atoms with Crippen LogP contribution in [0.5, 0.6) is 0 Å². The molecule has 0 spiro atoms. The van der Waals surface area contributed by atoms with Crippen molar-refractivity contribution in [2.45, 2.75) is 6.42 Å². The maximum Gasteiger partial charge on any atom is 0.315 e. The number of anilines is 1. The molecule has 0 radical (unpaired) electrons. The van der Waals surface area contributed by atoms with Gasteiger partial charge in [0.05, 0.1) is 11.7 Å². The van der Waals surface area contributed by atoms with Gasteiger partial charge in [-0.3, -0.25) is 5.10 Å². The Morgan fingerprint density at radius 1 is 1.12 bits per heavy atom. The predicted octanol–water partition coefficient (Wildman–Crippen LogP) is 3.41. The summed E-state index contributed by atoms with van der Waals surface area (Å²) in [5.41, 5.74) is 2.69. The highest BCUT2D eigenvalue weighted by Crippen LogP contribution is 2.23. The number of aromatic amines is 1. The zero-order valence-electron chi connectivity index (χ0n) is 12.7. The van der Waals surface area contributed by atoms with Crippen molar-refractivity contribution in [3.8, 4) is 11.5 Å². The van der Waals surface area contributed by atoms with Gasteiger partial charge in [-0.25, -0.2) is 4.39 Å². The molecule has 2 aromatic heterocycles. The summed E-state index contributed by atoms with van der Waals surface area (Å²) in [5.74, 6) is 0.202. The van der Waals surface area contributed by atoms with Gasteiger partial charge in [0.1, 0.15) is 5.82 Å². The van der Waals surface area contributed by atoms with Crippen LogP contribution in [0.25, 0.3) is 22.4 Å². The Labute approximate surface area is 136 Å². The number of halogens is 1. The quantitative estimate of drug-likeness (QED) is 0.588. The predicted molar refractivity (Wildman–Crippen MR) is 88.0 cm³/mol. The number of nitrogens with one attached hydrogen (secondary N) is 2. The summed E-state index contributed by atoms with van der Waals surface area (Å²) in [6, 6.07) is 12.6. The molecular weight excluding hydrogens is 309 g/mol. The van der Waals surface area contributed by atoms with Crippen LogP contribution < -0.4 is 5.32 Å². The molecule has 0 saturated heterocycles. The van der Waals surface area contributed by atoms with E-state index in [1.807, 2.05) is 24.3 Å². The van der Waals surface area contributed by atoms with E-state index in [4.69, 9.17) is 4.42 Å². The van der Waals surface area contributed by atoms with Crippen molar-refractivity contribution in [2.75, 3.05) is 11.9 Å². The molecule has 24 heavy (non-hydrogen) atoms. The summed E-state index contributed by atoms with van der Waals surface area (Å²) in [6.07, 6.45) is 2.41. The second-order valence-corrected chi connectivity index (χ2v) is 5.39. The number of fused-ring (bicyclic) bond motifs is 1. The van der Waals surface area contributed by atoms with E-state index >= 15 is 0 Å². The van der Waals surface area contributed by atoms with Crippen LogP contribution >= 0.6 is 0 Å². The van der Waals surface area contributed by atoms with E-state index in [-0.39, 0.29) is 5.82 Å². The number of hydrogen-bond donors (Lipinski definition) is 2. The summed E-state index contributed by atoms with van der Waals surface area (Å²) in [4.78, 5) is 0. The minimum absolute atomic E-state index is 0.234. The molecule has 2 N–H and O–H groups in total. The molecule has 4 rings (SSSR count). The van der Waals surface area contributed by atoms with Crippen LogP contribution in [0.4, 0.5) is 10.4 Å². The second-order valence-electron chi connectivity index (χ2n) is 5.39. The molecular formula is C17H14FN5O. The molecule has 0 saturated carbocycles. The van der Waals surface area contributed by atoms with Gasteiger partial charge in [-0.05, 0) is 42.3 Å². The highest BCUT2D eigenvalue weighted by molar-refractivity contribution is 5.82. The van der Waals surface area contributed by atoms with Crippen LogP contribution in [0.2, 0.25) is 0 Å². The largest absolute Gasteiger partial charge is 0.403 e. The van der Waals surface area contributed by atoms with E-state index < -0.39 is 0 Å². The summed E-state index contributed by atoms with van der Waals surface area (Å²) < 4.78 is 18.7. The summed E-state index contributed by atoms with van der Waals surface area (Å²) in [6.45, 7) is 0.575. The van der Waals surface area contributed by atoms with Gasteiger partial charge in [0, 0.05) is 17.5 Å². The average Bonchev–Trinajstić information content (AvgIpc) is 3.23. The molecule has 0 bridgehead atoms. The van der Waals surface area contributed by atoms with E-state index in [2.05, 4.69) is 25.7 Å². The van der Waals surface area contributed by atoms with Crippen LogP contribution in [-0.4, -0.2) is 26.9 Å². The van der Waals surface area contributed by atoms with Crippen molar-refractivity contribution in [3.05, 3.63) is 60.0 Å². The van der Waals surface area contributed by atoms with Crippen LogP contribution in [0.15, 0.2) is 53.1 Å². The Bertz CT molecular complexity index is 978. The van der Waals surface area contributed by atoms with Gasteiger partial charge in [0.2, 0.25) is 5.89 Å². The minimum atomic E-state index is -0.234. The minimum Gasteiger partial charge on any atom is -0.403 e. The molecule has 120 valence electrons. The van der Waals surface area contributed by atoms with Gasteiger partial charge in [0.15, 0.2) is 0 Å². The molecule has 0 fully saturated rings. The fraction of sp³-hybridized carbons (Fsp3) is 0.118. The van der Waals surface area contributed by atoms with Gasteiger partial charge < -0.3 is 9.73 Å². The lowest BCUT2D eigenvalue weighted by atomic mass is 10.1. The Kier molecular flexibility index (Phi) is 3.66. The molecule has 2 heterocycles. The lowest BCUT2D eigenvalue weighted by molar-refractivity contribution is 0.581. The van der Waals surface area contributed by atoms with Gasteiger partial charge in [-0.2, -0.15) is 5.10 Å². The first-order valence-corrected chi connectivity index (χ1v) is 7.53. The smallest absolute Gasteiger partial charge is 0.315 e. The van der Waals surface area contributed by atoms with Gasteiger partial charge in [-0.15, -0.1) is 5.10 Å². The molecule has 6 nitrogen and oxygen atoms in total. The number of nitrogens with zero attached hydrogens (tertiary/aromatic N) is 3. The molecule has 0 atom stereocenters. The Morgan fingerprint density at radius 3 is 3.00 bits per heavy atom. The van der Waals surface area contributed by atoms with Gasteiger partial charge in [0.25, 0.3) is 0 Å². The van der Waals surface area contributed by atoms with Crippen LogP contribution in [-0.2, 0) is 6.42 Å². The number of H-pyrrole nitrogens is 1. The van der Waals surface area contributed by atoms with Crippen molar-refractivity contribution in [3.63, 3.8) is 0 Å². The Morgan fingerprint density at radius 2 is 2.08 bits per heavy atom. The van der Waals surface area contributed by atoms with Crippen LogP contribution in [0.1, 0.15) is 5.56 Å². The highest BCUT2D eigenvalue weighted by atomic mass is 19.1.